The number of aryl methyl sites for hydroxylation is 1. The van der Waals surface area contributed by atoms with Gasteiger partial charge in [-0.05, 0) is 55.7 Å². The van der Waals surface area contributed by atoms with E-state index in [4.69, 9.17) is 9.26 Å². The van der Waals surface area contributed by atoms with E-state index >= 15 is 0 Å². The van der Waals surface area contributed by atoms with E-state index in [2.05, 4.69) is 41.7 Å². The number of ether oxygens (including phenoxy) is 1. The van der Waals surface area contributed by atoms with Crippen molar-refractivity contribution in [2.75, 3.05) is 25.0 Å². The summed E-state index contributed by atoms with van der Waals surface area (Å²) in [4.78, 5) is 14.4. The molecule has 2 aromatic rings. The van der Waals surface area contributed by atoms with Gasteiger partial charge >= 0.3 is 6.03 Å². The molecule has 1 saturated carbocycles. The molecular weight excluding hydrogens is 378 g/mol. The molecule has 6 nitrogen and oxygen atoms in total. The fourth-order valence-electron chi connectivity index (χ4n) is 4.36. The molecule has 0 spiro atoms. The zero-order valence-corrected chi connectivity index (χ0v) is 17.9. The standard InChI is InChI=1S/C24H31N3O3/c1-17-15-27(24(28)26-23-14-25-30-18(23)2)11-10-21(17)12-20-8-5-9-22(13-20)29-16-19-6-3-4-7-19/h5,8-9,12-14,17,19H,3-4,6-7,10-11,15-16H2,1-2H3,(H,26,28)/b21-12+. The topological polar surface area (TPSA) is 67.6 Å². The molecule has 6 heteroatoms. The Bertz CT molecular complexity index is 899. The number of nitrogens with zero attached hydrogens (tertiary/aromatic N) is 2. The first-order valence-corrected chi connectivity index (χ1v) is 11.0. The van der Waals surface area contributed by atoms with Crippen molar-refractivity contribution in [2.45, 2.75) is 46.0 Å². The van der Waals surface area contributed by atoms with Crippen molar-refractivity contribution in [3.05, 3.63) is 47.4 Å². The summed E-state index contributed by atoms with van der Waals surface area (Å²) in [6.45, 7) is 6.18. The third kappa shape index (κ3) is 5.04. The van der Waals surface area contributed by atoms with Crippen LogP contribution in [0.5, 0.6) is 5.75 Å². The third-order valence-corrected chi connectivity index (χ3v) is 6.25. The summed E-state index contributed by atoms with van der Waals surface area (Å²) in [6.07, 6.45) is 9.92. The minimum atomic E-state index is -0.102. The van der Waals surface area contributed by atoms with Gasteiger partial charge in [0.15, 0.2) is 5.76 Å². The van der Waals surface area contributed by atoms with Gasteiger partial charge in [-0.3, -0.25) is 0 Å². The number of hydrogen-bond donors (Lipinski definition) is 1. The monoisotopic (exact) mass is 409 g/mol. The van der Waals surface area contributed by atoms with Gasteiger partial charge in [0.25, 0.3) is 0 Å². The highest BCUT2D eigenvalue weighted by atomic mass is 16.5. The fraction of sp³-hybridized carbons (Fsp3) is 0.500. The minimum absolute atomic E-state index is 0.102. The molecule has 1 aromatic carbocycles. The van der Waals surface area contributed by atoms with Crippen molar-refractivity contribution in [1.82, 2.24) is 10.1 Å². The van der Waals surface area contributed by atoms with E-state index < -0.39 is 0 Å². The Morgan fingerprint density at radius 1 is 1.37 bits per heavy atom. The fourth-order valence-corrected chi connectivity index (χ4v) is 4.36. The van der Waals surface area contributed by atoms with Crippen LogP contribution in [0.2, 0.25) is 0 Å². The second-order valence-corrected chi connectivity index (χ2v) is 8.58. The van der Waals surface area contributed by atoms with Crippen LogP contribution in [0, 0.1) is 18.8 Å². The second kappa shape index (κ2) is 9.37. The van der Waals surface area contributed by atoms with E-state index in [0.717, 1.165) is 18.8 Å². The lowest BCUT2D eigenvalue weighted by molar-refractivity contribution is 0.197. The molecule has 4 rings (SSSR count). The van der Waals surface area contributed by atoms with Crippen molar-refractivity contribution in [2.24, 2.45) is 11.8 Å². The van der Waals surface area contributed by atoms with Gasteiger partial charge in [-0.2, -0.15) is 0 Å². The second-order valence-electron chi connectivity index (χ2n) is 8.58. The van der Waals surface area contributed by atoms with E-state index in [9.17, 15) is 4.79 Å². The van der Waals surface area contributed by atoms with Crippen LogP contribution < -0.4 is 10.1 Å². The van der Waals surface area contributed by atoms with Crippen molar-refractivity contribution in [1.29, 1.82) is 0 Å². The molecule has 30 heavy (non-hydrogen) atoms. The number of carbonyl (C=O) groups is 1. The number of piperidine rings is 1. The van der Waals surface area contributed by atoms with Crippen molar-refractivity contribution in [3.8, 4) is 5.75 Å². The van der Waals surface area contributed by atoms with Gasteiger partial charge in [-0.15, -0.1) is 0 Å². The summed E-state index contributed by atoms with van der Waals surface area (Å²) < 4.78 is 11.1. The number of hydrogen-bond acceptors (Lipinski definition) is 4. The number of urea groups is 1. The summed E-state index contributed by atoms with van der Waals surface area (Å²) in [6, 6.07) is 8.25. The summed E-state index contributed by atoms with van der Waals surface area (Å²) in [5.74, 6) is 2.58. The largest absolute Gasteiger partial charge is 0.493 e. The summed E-state index contributed by atoms with van der Waals surface area (Å²) >= 11 is 0. The number of benzene rings is 1. The van der Waals surface area contributed by atoms with Gasteiger partial charge in [-0.1, -0.05) is 48.7 Å². The normalized spacial score (nSPS) is 21.2. The maximum atomic E-state index is 12.6. The summed E-state index contributed by atoms with van der Waals surface area (Å²) in [5.41, 5.74) is 3.16. The molecule has 2 aliphatic rings. The molecule has 2 amide bonds. The highest BCUT2D eigenvalue weighted by Crippen LogP contribution is 2.28. The van der Waals surface area contributed by atoms with Gasteiger partial charge in [0, 0.05) is 13.1 Å². The molecule has 1 aliphatic heterocycles. The zero-order chi connectivity index (χ0) is 20.9. The van der Waals surface area contributed by atoms with Crippen LogP contribution in [-0.2, 0) is 0 Å². The maximum absolute atomic E-state index is 12.6. The van der Waals surface area contributed by atoms with E-state index in [1.165, 1.54) is 43.0 Å². The molecule has 1 N–H and O–H groups in total. The molecule has 2 fully saturated rings. The first kappa shape index (κ1) is 20.5. The van der Waals surface area contributed by atoms with E-state index in [-0.39, 0.29) is 6.03 Å². The lowest BCUT2D eigenvalue weighted by Crippen LogP contribution is -2.42. The Labute approximate surface area is 178 Å². The molecule has 1 aliphatic carbocycles. The molecule has 1 aromatic heterocycles. The van der Waals surface area contributed by atoms with Crippen LogP contribution in [0.25, 0.3) is 6.08 Å². The zero-order valence-electron chi connectivity index (χ0n) is 17.9. The van der Waals surface area contributed by atoms with Crippen molar-refractivity contribution < 1.29 is 14.1 Å². The Morgan fingerprint density at radius 3 is 2.93 bits per heavy atom. The molecule has 160 valence electrons. The van der Waals surface area contributed by atoms with Crippen molar-refractivity contribution >= 4 is 17.8 Å². The van der Waals surface area contributed by atoms with Crippen LogP contribution in [0.15, 0.2) is 40.6 Å². The number of likely N-dealkylation sites (tertiary alicyclic amines) is 1. The highest BCUT2D eigenvalue weighted by Gasteiger charge is 2.25. The van der Waals surface area contributed by atoms with Gasteiger partial charge in [0.05, 0.1) is 12.8 Å². The quantitative estimate of drug-likeness (QED) is 0.707. The number of amides is 2. The predicted molar refractivity (Wildman–Crippen MR) is 117 cm³/mol. The lowest BCUT2D eigenvalue weighted by atomic mass is 9.91. The van der Waals surface area contributed by atoms with Crippen LogP contribution >= 0.6 is 0 Å². The number of anilines is 1. The Balaban J connectivity index is 1.34. The minimum Gasteiger partial charge on any atom is -0.493 e. The molecule has 2 heterocycles. The van der Waals surface area contributed by atoms with E-state index in [0.29, 0.717) is 36.4 Å². The van der Waals surface area contributed by atoms with Gasteiger partial charge in [0.2, 0.25) is 0 Å². The van der Waals surface area contributed by atoms with Gasteiger partial charge < -0.3 is 19.5 Å². The number of rotatable bonds is 5. The Morgan fingerprint density at radius 2 is 2.20 bits per heavy atom. The Hall–Kier alpha value is -2.76. The molecule has 0 radical (unpaired) electrons. The highest BCUT2D eigenvalue weighted by molar-refractivity contribution is 5.89. The average molecular weight is 410 g/mol. The predicted octanol–water partition coefficient (Wildman–Crippen LogP) is 5.51. The van der Waals surface area contributed by atoms with Crippen LogP contribution in [0.1, 0.15) is 50.4 Å². The van der Waals surface area contributed by atoms with Crippen LogP contribution in [0.4, 0.5) is 10.5 Å². The summed E-state index contributed by atoms with van der Waals surface area (Å²) in [7, 11) is 0. The molecule has 1 saturated heterocycles. The SMILES string of the molecule is Cc1oncc1NC(=O)N1CC/C(=C\c2cccc(OCC3CCCC3)c2)C(C)C1. The molecular formula is C24H31N3O3. The average Bonchev–Trinajstić information content (AvgIpc) is 3.40. The van der Waals surface area contributed by atoms with Crippen LogP contribution in [0.3, 0.4) is 0 Å². The van der Waals surface area contributed by atoms with Crippen LogP contribution in [-0.4, -0.2) is 35.8 Å². The van der Waals surface area contributed by atoms with Gasteiger partial charge in [-0.25, -0.2) is 4.79 Å². The third-order valence-electron chi connectivity index (χ3n) is 6.25. The Kier molecular flexibility index (Phi) is 6.41. The molecule has 1 atom stereocenters. The number of aromatic nitrogens is 1. The number of carbonyl (C=O) groups excluding carboxylic acids is 1. The lowest BCUT2D eigenvalue weighted by Gasteiger charge is -2.33. The van der Waals surface area contributed by atoms with E-state index in [1.807, 2.05) is 11.0 Å². The number of nitrogens with one attached hydrogen (secondary N) is 1. The maximum Gasteiger partial charge on any atom is 0.322 e. The van der Waals surface area contributed by atoms with E-state index in [1.54, 1.807) is 6.92 Å². The first-order chi connectivity index (χ1) is 14.6. The smallest absolute Gasteiger partial charge is 0.322 e. The molecule has 1 unspecified atom stereocenters. The van der Waals surface area contributed by atoms with Gasteiger partial charge in [0.1, 0.15) is 11.4 Å². The van der Waals surface area contributed by atoms with Crippen molar-refractivity contribution in [3.63, 3.8) is 0 Å². The molecule has 0 bridgehead atoms. The summed E-state index contributed by atoms with van der Waals surface area (Å²) in [5, 5.41) is 6.59. The first-order valence-electron chi connectivity index (χ1n) is 11.0.